The number of fused-ring (bicyclic) bond motifs is 1. The fraction of sp³-hybridized carbons (Fsp3) is 0.440. The van der Waals surface area contributed by atoms with E-state index in [9.17, 15) is 4.79 Å². The van der Waals surface area contributed by atoms with Crippen molar-refractivity contribution >= 4 is 17.4 Å². The first kappa shape index (κ1) is 18.6. The number of methoxy groups -OCH3 is 1. The first-order valence-corrected chi connectivity index (χ1v) is 10.5. The summed E-state index contributed by atoms with van der Waals surface area (Å²) >= 11 is 0. The summed E-state index contributed by atoms with van der Waals surface area (Å²) in [5, 5.41) is 0. The summed E-state index contributed by atoms with van der Waals surface area (Å²) < 4.78 is 5.22. The van der Waals surface area contributed by atoms with Crippen molar-refractivity contribution in [1.29, 1.82) is 0 Å². The molecule has 5 rings (SSSR count). The number of carbonyl (C=O) groups excluding carboxylic acids is 1. The average Bonchev–Trinajstić information content (AvgIpc) is 3.27. The van der Waals surface area contributed by atoms with E-state index in [-0.39, 0.29) is 22.7 Å². The SMILES string of the molecule is COC(=O)C1CC(C)(C)C2N(Cc3ccccc3)CCC23C1=Nc1ccccc13. The fourth-order valence-corrected chi connectivity index (χ4v) is 6.37. The van der Waals surface area contributed by atoms with Gasteiger partial charge < -0.3 is 4.74 Å². The maximum atomic E-state index is 12.8. The van der Waals surface area contributed by atoms with Crippen LogP contribution in [0.1, 0.15) is 37.8 Å². The lowest BCUT2D eigenvalue weighted by Crippen LogP contribution is -2.61. The number of para-hydroxylation sites is 1. The van der Waals surface area contributed by atoms with Gasteiger partial charge in [0.25, 0.3) is 0 Å². The highest BCUT2D eigenvalue weighted by Gasteiger charge is 2.65. The Morgan fingerprint density at radius 1 is 1.14 bits per heavy atom. The van der Waals surface area contributed by atoms with E-state index in [4.69, 9.17) is 9.73 Å². The minimum atomic E-state index is -0.268. The van der Waals surface area contributed by atoms with E-state index in [1.807, 2.05) is 6.07 Å². The molecule has 4 heteroatoms. The Labute approximate surface area is 172 Å². The highest BCUT2D eigenvalue weighted by atomic mass is 16.5. The van der Waals surface area contributed by atoms with Gasteiger partial charge in [0, 0.05) is 24.8 Å². The van der Waals surface area contributed by atoms with Gasteiger partial charge in [-0.3, -0.25) is 14.7 Å². The molecule has 2 heterocycles. The Balaban J connectivity index is 1.64. The summed E-state index contributed by atoms with van der Waals surface area (Å²) in [7, 11) is 1.49. The highest BCUT2D eigenvalue weighted by molar-refractivity contribution is 6.13. The van der Waals surface area contributed by atoms with Crippen LogP contribution in [0.2, 0.25) is 0 Å². The van der Waals surface area contributed by atoms with Gasteiger partial charge in [-0.05, 0) is 35.4 Å². The van der Waals surface area contributed by atoms with Crippen LogP contribution < -0.4 is 0 Å². The molecule has 0 amide bonds. The van der Waals surface area contributed by atoms with Crippen LogP contribution in [0.5, 0.6) is 0 Å². The zero-order valence-corrected chi connectivity index (χ0v) is 17.4. The van der Waals surface area contributed by atoms with Crippen LogP contribution in [0, 0.1) is 11.3 Å². The molecule has 2 aromatic rings. The second-order valence-corrected chi connectivity index (χ2v) is 9.36. The molecule has 0 aromatic heterocycles. The number of esters is 1. The number of rotatable bonds is 3. The minimum Gasteiger partial charge on any atom is -0.469 e. The van der Waals surface area contributed by atoms with E-state index < -0.39 is 0 Å². The van der Waals surface area contributed by atoms with Gasteiger partial charge in [-0.25, -0.2) is 0 Å². The number of ether oxygens (including phenoxy) is 1. The zero-order chi connectivity index (χ0) is 20.2. The third-order valence-electron chi connectivity index (χ3n) is 7.22. The Morgan fingerprint density at radius 3 is 2.62 bits per heavy atom. The van der Waals surface area contributed by atoms with E-state index in [2.05, 4.69) is 67.3 Å². The molecule has 1 aliphatic carbocycles. The summed E-state index contributed by atoms with van der Waals surface area (Å²) in [6.07, 6.45) is 1.77. The van der Waals surface area contributed by atoms with Crippen LogP contribution >= 0.6 is 0 Å². The van der Waals surface area contributed by atoms with E-state index in [0.29, 0.717) is 6.04 Å². The molecule has 0 radical (unpaired) electrons. The van der Waals surface area contributed by atoms with Crippen LogP contribution in [-0.4, -0.2) is 36.3 Å². The highest BCUT2D eigenvalue weighted by Crippen LogP contribution is 2.60. The first-order valence-electron chi connectivity index (χ1n) is 10.5. The predicted molar refractivity (Wildman–Crippen MR) is 114 cm³/mol. The number of hydrogen-bond donors (Lipinski definition) is 0. The van der Waals surface area contributed by atoms with Gasteiger partial charge in [0.15, 0.2) is 0 Å². The number of nitrogens with zero attached hydrogens (tertiary/aromatic N) is 2. The van der Waals surface area contributed by atoms with Crippen molar-refractivity contribution in [3.8, 4) is 0 Å². The van der Waals surface area contributed by atoms with Crippen molar-refractivity contribution in [3.05, 3.63) is 65.7 Å². The minimum absolute atomic E-state index is 0.0411. The van der Waals surface area contributed by atoms with Crippen molar-refractivity contribution in [1.82, 2.24) is 4.90 Å². The molecule has 0 N–H and O–H groups in total. The van der Waals surface area contributed by atoms with Gasteiger partial charge in [-0.2, -0.15) is 0 Å². The summed E-state index contributed by atoms with van der Waals surface area (Å²) in [4.78, 5) is 20.5. The number of benzene rings is 2. The standard InChI is InChI=1S/C25H28N2O2/c1-24(2)15-18(22(28)29-3)21-25(19-11-7-8-12-20(19)26-21)13-14-27(23(24)25)16-17-9-5-4-6-10-17/h4-12,18,23H,13-16H2,1-3H3. The smallest absolute Gasteiger partial charge is 0.314 e. The van der Waals surface area contributed by atoms with Crippen molar-refractivity contribution in [2.75, 3.05) is 13.7 Å². The van der Waals surface area contributed by atoms with Gasteiger partial charge in [-0.15, -0.1) is 0 Å². The molecule has 1 saturated carbocycles. The van der Waals surface area contributed by atoms with Gasteiger partial charge >= 0.3 is 5.97 Å². The molecule has 4 nitrogen and oxygen atoms in total. The van der Waals surface area contributed by atoms with Crippen LogP contribution in [0.25, 0.3) is 0 Å². The largest absolute Gasteiger partial charge is 0.469 e. The summed E-state index contributed by atoms with van der Waals surface area (Å²) in [6.45, 7) is 6.56. The van der Waals surface area contributed by atoms with Crippen LogP contribution in [0.4, 0.5) is 5.69 Å². The van der Waals surface area contributed by atoms with E-state index in [1.54, 1.807) is 0 Å². The number of likely N-dealkylation sites (tertiary alicyclic amines) is 1. The molecule has 2 aromatic carbocycles. The van der Waals surface area contributed by atoms with Crippen LogP contribution in [0.3, 0.4) is 0 Å². The third kappa shape index (κ3) is 2.62. The number of carbonyl (C=O) groups is 1. The average molecular weight is 389 g/mol. The predicted octanol–water partition coefficient (Wildman–Crippen LogP) is 4.50. The summed E-state index contributed by atoms with van der Waals surface area (Å²) in [6, 6.07) is 19.5. The Kier molecular flexibility index (Phi) is 4.18. The number of aliphatic imine (C=N–C) groups is 1. The lowest BCUT2D eigenvalue weighted by atomic mass is 9.54. The monoisotopic (exact) mass is 388 g/mol. The van der Waals surface area contributed by atoms with Crippen molar-refractivity contribution < 1.29 is 9.53 Å². The Morgan fingerprint density at radius 2 is 1.86 bits per heavy atom. The normalized spacial score (nSPS) is 29.6. The fourth-order valence-electron chi connectivity index (χ4n) is 6.37. The van der Waals surface area contributed by atoms with E-state index in [0.717, 1.165) is 37.3 Å². The number of hydrogen-bond acceptors (Lipinski definition) is 4. The Bertz CT molecular complexity index is 981. The molecule has 0 bridgehead atoms. The van der Waals surface area contributed by atoms with Gasteiger partial charge in [0.05, 0.1) is 24.1 Å². The van der Waals surface area contributed by atoms with Crippen LogP contribution in [-0.2, 0) is 21.5 Å². The lowest BCUT2D eigenvalue weighted by molar-refractivity contribution is -0.145. The molecule has 2 fully saturated rings. The van der Waals surface area contributed by atoms with Crippen molar-refractivity contribution in [3.63, 3.8) is 0 Å². The maximum absolute atomic E-state index is 12.8. The van der Waals surface area contributed by atoms with Crippen LogP contribution in [0.15, 0.2) is 59.6 Å². The van der Waals surface area contributed by atoms with Gasteiger partial charge in [-0.1, -0.05) is 62.4 Å². The van der Waals surface area contributed by atoms with Gasteiger partial charge in [0.2, 0.25) is 0 Å². The molecule has 150 valence electrons. The van der Waals surface area contributed by atoms with Gasteiger partial charge in [0.1, 0.15) is 0 Å². The topological polar surface area (TPSA) is 41.9 Å². The molecular weight excluding hydrogens is 360 g/mol. The molecule has 2 aliphatic heterocycles. The first-order chi connectivity index (χ1) is 14.0. The second-order valence-electron chi connectivity index (χ2n) is 9.36. The molecule has 1 saturated heterocycles. The maximum Gasteiger partial charge on any atom is 0.314 e. The third-order valence-corrected chi connectivity index (χ3v) is 7.22. The Hall–Kier alpha value is -2.46. The van der Waals surface area contributed by atoms with Crippen molar-refractivity contribution in [2.24, 2.45) is 16.3 Å². The second kappa shape index (κ2) is 6.53. The van der Waals surface area contributed by atoms with E-state index >= 15 is 0 Å². The molecule has 3 atom stereocenters. The summed E-state index contributed by atoms with van der Waals surface area (Å²) in [5.74, 6) is -0.417. The zero-order valence-electron chi connectivity index (χ0n) is 17.4. The molecule has 29 heavy (non-hydrogen) atoms. The van der Waals surface area contributed by atoms with Crippen molar-refractivity contribution in [2.45, 2.75) is 44.7 Å². The molecule has 1 spiro atoms. The quantitative estimate of drug-likeness (QED) is 0.727. The molecule has 3 aliphatic rings. The molecular formula is C25H28N2O2. The van der Waals surface area contributed by atoms with E-state index in [1.165, 1.54) is 18.2 Å². The molecule has 3 unspecified atom stereocenters. The lowest BCUT2D eigenvalue weighted by Gasteiger charge is -2.52. The summed E-state index contributed by atoms with van der Waals surface area (Å²) in [5.41, 5.74) is 4.44.